The van der Waals surface area contributed by atoms with Gasteiger partial charge in [0.05, 0.1) is 23.9 Å². The molecule has 0 aliphatic carbocycles. The monoisotopic (exact) mass is 476 g/mol. The number of esters is 1. The number of carbonyl (C=O) groups is 2. The highest BCUT2D eigenvalue weighted by Gasteiger charge is 2.29. The normalized spacial score (nSPS) is 16.1. The van der Waals surface area contributed by atoms with E-state index in [1.807, 2.05) is 30.4 Å². The second-order valence-corrected chi connectivity index (χ2v) is 9.70. The number of rotatable bonds is 6. The molecule has 1 aromatic carbocycles. The smallest absolute Gasteiger partial charge is 0.310 e. The second kappa shape index (κ2) is 10.2. The van der Waals surface area contributed by atoms with Crippen molar-refractivity contribution in [2.75, 3.05) is 19.7 Å². The summed E-state index contributed by atoms with van der Waals surface area (Å²) in [6.45, 7) is 13.7. The number of fused-ring (bicyclic) bond motifs is 1. The van der Waals surface area contributed by atoms with Crippen LogP contribution in [0.15, 0.2) is 18.2 Å². The van der Waals surface area contributed by atoms with Gasteiger partial charge in [-0.1, -0.05) is 6.07 Å². The summed E-state index contributed by atoms with van der Waals surface area (Å²) in [5, 5.41) is 5.87. The molecule has 0 N–H and O–H groups in total. The Kier molecular flexibility index (Phi) is 7.24. The molecule has 0 spiro atoms. The van der Waals surface area contributed by atoms with Crippen molar-refractivity contribution in [3.63, 3.8) is 0 Å². The summed E-state index contributed by atoms with van der Waals surface area (Å²) in [6.07, 6.45) is 2.63. The SMILES string of the molecule is CCOC(=O)[C@H]1CCCN(C(=O)CCc2c(C)nc3c(c(C)nn3-c3ccc(C)c(C)c3)c2C)C1. The minimum absolute atomic E-state index is 0.0837. The second-order valence-electron chi connectivity index (χ2n) is 9.70. The topological polar surface area (TPSA) is 77.3 Å². The van der Waals surface area contributed by atoms with Crippen LogP contribution in [0.2, 0.25) is 0 Å². The molecule has 1 amide bonds. The van der Waals surface area contributed by atoms with Crippen molar-refractivity contribution < 1.29 is 14.3 Å². The average molecular weight is 477 g/mol. The predicted octanol–water partition coefficient (Wildman–Crippen LogP) is 4.70. The van der Waals surface area contributed by atoms with Crippen molar-refractivity contribution in [2.45, 2.75) is 67.2 Å². The molecule has 1 atom stereocenters. The Morgan fingerprint density at radius 2 is 1.86 bits per heavy atom. The Hall–Kier alpha value is -3.22. The number of aryl methyl sites for hydroxylation is 5. The number of carbonyl (C=O) groups excluding carboxylic acids is 2. The number of benzene rings is 1. The van der Waals surface area contributed by atoms with E-state index < -0.39 is 0 Å². The molecule has 2 aromatic heterocycles. The number of likely N-dealkylation sites (tertiary alicyclic amines) is 1. The van der Waals surface area contributed by atoms with E-state index in [1.54, 1.807) is 0 Å². The Bertz CT molecular complexity index is 1280. The van der Waals surface area contributed by atoms with Gasteiger partial charge in [0.2, 0.25) is 5.91 Å². The first kappa shape index (κ1) is 24.9. The molecular weight excluding hydrogens is 440 g/mol. The highest BCUT2D eigenvalue weighted by atomic mass is 16.5. The lowest BCUT2D eigenvalue weighted by Crippen LogP contribution is -2.42. The highest BCUT2D eigenvalue weighted by molar-refractivity contribution is 5.85. The molecule has 1 fully saturated rings. The quantitative estimate of drug-likeness (QED) is 0.482. The first-order chi connectivity index (χ1) is 16.7. The maximum atomic E-state index is 13.0. The Labute approximate surface area is 207 Å². The first-order valence-corrected chi connectivity index (χ1v) is 12.6. The fourth-order valence-corrected chi connectivity index (χ4v) is 5.16. The third-order valence-electron chi connectivity index (χ3n) is 7.29. The number of ether oxygens (including phenoxy) is 1. The van der Waals surface area contributed by atoms with E-state index in [0.717, 1.165) is 52.1 Å². The molecule has 0 radical (unpaired) electrons. The Morgan fingerprint density at radius 3 is 2.57 bits per heavy atom. The molecule has 186 valence electrons. The van der Waals surface area contributed by atoms with Crippen LogP contribution in [0.5, 0.6) is 0 Å². The lowest BCUT2D eigenvalue weighted by Gasteiger charge is -2.31. The van der Waals surface area contributed by atoms with Crippen LogP contribution in [-0.2, 0) is 20.7 Å². The summed E-state index contributed by atoms with van der Waals surface area (Å²) in [6, 6.07) is 6.33. The van der Waals surface area contributed by atoms with Crippen LogP contribution in [0, 0.1) is 40.5 Å². The van der Waals surface area contributed by atoms with Gasteiger partial charge in [-0.3, -0.25) is 9.59 Å². The predicted molar refractivity (Wildman–Crippen MR) is 137 cm³/mol. The van der Waals surface area contributed by atoms with Gasteiger partial charge in [0.1, 0.15) is 0 Å². The lowest BCUT2D eigenvalue weighted by molar-refractivity contribution is -0.151. The summed E-state index contributed by atoms with van der Waals surface area (Å²) < 4.78 is 7.10. The number of amides is 1. The first-order valence-electron chi connectivity index (χ1n) is 12.6. The molecule has 3 heterocycles. The minimum Gasteiger partial charge on any atom is -0.466 e. The summed E-state index contributed by atoms with van der Waals surface area (Å²) in [5.74, 6) is -0.323. The van der Waals surface area contributed by atoms with Crippen molar-refractivity contribution in [2.24, 2.45) is 5.92 Å². The molecule has 0 bridgehead atoms. The zero-order chi connectivity index (χ0) is 25.3. The molecule has 1 aliphatic heterocycles. The number of piperidine rings is 1. The lowest BCUT2D eigenvalue weighted by atomic mass is 9.96. The zero-order valence-corrected chi connectivity index (χ0v) is 21.8. The maximum Gasteiger partial charge on any atom is 0.310 e. The molecule has 1 saturated heterocycles. The van der Waals surface area contributed by atoms with Crippen molar-refractivity contribution in [3.8, 4) is 5.69 Å². The van der Waals surface area contributed by atoms with Gasteiger partial charge in [-0.2, -0.15) is 5.10 Å². The van der Waals surface area contributed by atoms with Crippen LogP contribution < -0.4 is 0 Å². The molecule has 0 saturated carbocycles. The fraction of sp³-hybridized carbons (Fsp3) is 0.500. The summed E-state index contributed by atoms with van der Waals surface area (Å²) in [5.41, 5.74) is 8.42. The van der Waals surface area contributed by atoms with Gasteiger partial charge in [-0.15, -0.1) is 0 Å². The van der Waals surface area contributed by atoms with Gasteiger partial charge < -0.3 is 9.64 Å². The van der Waals surface area contributed by atoms with Gasteiger partial charge in [-0.05, 0) is 95.2 Å². The van der Waals surface area contributed by atoms with E-state index in [0.29, 0.717) is 32.5 Å². The minimum atomic E-state index is -0.215. The summed E-state index contributed by atoms with van der Waals surface area (Å²) in [7, 11) is 0. The Morgan fingerprint density at radius 1 is 1.09 bits per heavy atom. The number of hydrogen-bond acceptors (Lipinski definition) is 5. The number of aromatic nitrogens is 3. The van der Waals surface area contributed by atoms with E-state index >= 15 is 0 Å². The Balaban J connectivity index is 1.55. The van der Waals surface area contributed by atoms with E-state index in [2.05, 4.69) is 39.0 Å². The molecule has 7 nitrogen and oxygen atoms in total. The zero-order valence-electron chi connectivity index (χ0n) is 21.8. The van der Waals surface area contributed by atoms with Crippen molar-refractivity contribution in [1.82, 2.24) is 19.7 Å². The summed E-state index contributed by atoms with van der Waals surface area (Å²) >= 11 is 0. The van der Waals surface area contributed by atoms with Crippen LogP contribution in [0.1, 0.15) is 59.8 Å². The van der Waals surface area contributed by atoms with Crippen LogP contribution in [0.3, 0.4) is 0 Å². The summed E-state index contributed by atoms with van der Waals surface area (Å²) in [4.78, 5) is 32.0. The van der Waals surface area contributed by atoms with E-state index in [1.165, 1.54) is 11.1 Å². The molecule has 3 aromatic rings. The molecule has 7 heteroatoms. The van der Waals surface area contributed by atoms with Crippen molar-refractivity contribution in [1.29, 1.82) is 0 Å². The fourth-order valence-electron chi connectivity index (χ4n) is 5.16. The molecular formula is C28H36N4O3. The van der Waals surface area contributed by atoms with Crippen LogP contribution in [-0.4, -0.2) is 51.2 Å². The molecule has 0 unspecified atom stereocenters. The highest BCUT2D eigenvalue weighted by Crippen LogP contribution is 2.29. The standard InChI is InChI=1S/C28H36N4O3/c1-7-35-28(34)22-9-8-14-31(16-22)25(33)13-12-24-19(4)26-21(6)30-32(27(26)29-20(24)5)23-11-10-17(2)18(3)15-23/h10-11,15,22H,7-9,12-14,16H2,1-6H3/t22-/m0/s1. The van der Waals surface area contributed by atoms with Gasteiger partial charge in [0, 0.05) is 30.6 Å². The number of pyridine rings is 1. The average Bonchev–Trinajstić information content (AvgIpc) is 3.16. The maximum absolute atomic E-state index is 13.0. The van der Waals surface area contributed by atoms with E-state index in [-0.39, 0.29) is 17.8 Å². The van der Waals surface area contributed by atoms with Gasteiger partial charge in [-0.25, -0.2) is 9.67 Å². The van der Waals surface area contributed by atoms with Crippen LogP contribution >= 0.6 is 0 Å². The van der Waals surface area contributed by atoms with E-state index in [4.69, 9.17) is 14.8 Å². The van der Waals surface area contributed by atoms with Gasteiger partial charge in [0.25, 0.3) is 0 Å². The number of nitrogens with zero attached hydrogens (tertiary/aromatic N) is 4. The van der Waals surface area contributed by atoms with Gasteiger partial charge >= 0.3 is 5.97 Å². The van der Waals surface area contributed by atoms with Crippen molar-refractivity contribution in [3.05, 3.63) is 51.8 Å². The van der Waals surface area contributed by atoms with Crippen LogP contribution in [0.4, 0.5) is 0 Å². The van der Waals surface area contributed by atoms with Gasteiger partial charge in [0.15, 0.2) is 5.65 Å². The molecule has 1 aliphatic rings. The third kappa shape index (κ3) is 4.95. The third-order valence-corrected chi connectivity index (χ3v) is 7.29. The van der Waals surface area contributed by atoms with E-state index in [9.17, 15) is 9.59 Å². The molecule has 35 heavy (non-hydrogen) atoms. The van der Waals surface area contributed by atoms with Crippen molar-refractivity contribution >= 4 is 22.9 Å². The number of hydrogen-bond donors (Lipinski definition) is 0. The molecule has 4 rings (SSSR count). The van der Waals surface area contributed by atoms with Crippen LogP contribution in [0.25, 0.3) is 16.7 Å². The largest absolute Gasteiger partial charge is 0.466 e.